The van der Waals surface area contributed by atoms with Crippen molar-refractivity contribution in [2.75, 3.05) is 0 Å². The van der Waals surface area contributed by atoms with Crippen molar-refractivity contribution >= 4 is 44.8 Å². The minimum absolute atomic E-state index is 0. The number of fused-ring (bicyclic) bond motifs is 3. The Morgan fingerprint density at radius 3 is 2.30 bits per heavy atom. The fourth-order valence-electron chi connectivity index (χ4n) is 6.49. The van der Waals surface area contributed by atoms with Gasteiger partial charge in [0.05, 0.1) is 8.07 Å². The largest absolute Gasteiger partial charge is 0.305 e. The maximum Gasteiger partial charge on any atom is 0.130 e. The second kappa shape index (κ2) is 15.2. The fourth-order valence-corrected chi connectivity index (χ4v) is 9.30. The number of thiophene rings is 1. The molecule has 0 amide bonds. The third-order valence-corrected chi connectivity index (χ3v) is 11.9. The van der Waals surface area contributed by atoms with E-state index in [0.717, 1.165) is 48.4 Å². The number of aromatic nitrogens is 2. The monoisotopic (exact) mass is 875 g/mol. The first kappa shape index (κ1) is 32.1. The standard InChI is InChI=1S/C26H19FNS.C18H24NSi.Ir/c1-15-12-16(2)24(17(3)13-15)18-10-11-28-22(14-18)19-6-4-7-20-25-21(27)8-5-9-23(25)29-26(19)20;1-13(2)16-11-17(15-9-7-14(3)8-10-15)19-12-18(16)20(4,5)6;/h4-5,7-14H,1-3H3;7-9,11-13H,1-6H3;/q2*-1;/i;3D3,13D;. The Bertz CT molecular complexity index is 2440. The second-order valence-electron chi connectivity index (χ2n) is 13.9. The summed E-state index contributed by atoms with van der Waals surface area (Å²) in [6.07, 6.45) is 3.74. The van der Waals surface area contributed by atoms with Crippen molar-refractivity contribution in [2.24, 2.45) is 0 Å². The molecule has 0 aliphatic rings. The molecule has 0 saturated heterocycles. The Morgan fingerprint density at radius 2 is 1.64 bits per heavy atom. The van der Waals surface area contributed by atoms with Crippen LogP contribution in [0.3, 0.4) is 0 Å². The molecule has 2 nitrogen and oxygen atoms in total. The first-order valence-corrected chi connectivity index (χ1v) is 20.7. The quantitative estimate of drug-likeness (QED) is 0.127. The third kappa shape index (κ3) is 7.74. The molecule has 0 saturated carbocycles. The minimum atomic E-state index is -2.13. The maximum atomic E-state index is 14.5. The zero-order chi connectivity index (χ0) is 38.5. The van der Waals surface area contributed by atoms with Crippen LogP contribution in [0, 0.1) is 45.6 Å². The summed E-state index contributed by atoms with van der Waals surface area (Å²) in [5.74, 6) is -0.898. The van der Waals surface area contributed by atoms with Crippen molar-refractivity contribution in [3.05, 3.63) is 137 Å². The second-order valence-corrected chi connectivity index (χ2v) is 20.0. The van der Waals surface area contributed by atoms with Crippen LogP contribution in [0.25, 0.3) is 53.8 Å². The van der Waals surface area contributed by atoms with Gasteiger partial charge >= 0.3 is 0 Å². The molecule has 7 aromatic rings. The van der Waals surface area contributed by atoms with Crippen molar-refractivity contribution in [3.8, 4) is 33.6 Å². The molecule has 257 valence electrons. The molecule has 0 fully saturated rings. The normalized spacial score (nSPS) is 13.1. The summed E-state index contributed by atoms with van der Waals surface area (Å²) in [7, 11) is -1.61. The van der Waals surface area contributed by atoms with Crippen LogP contribution < -0.4 is 5.19 Å². The van der Waals surface area contributed by atoms with E-state index in [0.29, 0.717) is 5.39 Å². The summed E-state index contributed by atoms with van der Waals surface area (Å²) in [5.41, 5.74) is 10.7. The van der Waals surface area contributed by atoms with Gasteiger partial charge in [-0.05, 0) is 88.4 Å². The van der Waals surface area contributed by atoms with Crippen molar-refractivity contribution in [1.82, 2.24) is 9.97 Å². The molecule has 3 heterocycles. The van der Waals surface area contributed by atoms with Gasteiger partial charge in [0.2, 0.25) is 0 Å². The Kier molecular flexibility index (Phi) is 9.77. The number of benzene rings is 4. The minimum Gasteiger partial charge on any atom is -0.305 e. The Hall–Kier alpha value is -3.80. The molecule has 6 heteroatoms. The smallest absolute Gasteiger partial charge is 0.130 e. The SMILES string of the molecule is Cc1cc(C)c(-c2ccnc(-c3[c-]ccc4c3sc3cccc(F)c34)c2)c(C)c1.[2H]C([2H])([2H])c1c[c-]c(-c2cc(C([2H])(C)C)c([Si](C)(C)C)cn2)cc1.[Ir]. The molecule has 4 aromatic carbocycles. The van der Waals surface area contributed by atoms with Crippen LogP contribution in [0.15, 0.2) is 91.3 Å². The van der Waals surface area contributed by atoms with E-state index in [-0.39, 0.29) is 31.5 Å². The van der Waals surface area contributed by atoms with Gasteiger partial charge in [0.1, 0.15) is 5.82 Å². The number of hydrogen-bond acceptors (Lipinski definition) is 3. The van der Waals surface area contributed by atoms with Gasteiger partial charge in [0.15, 0.2) is 0 Å². The van der Waals surface area contributed by atoms with Crippen LogP contribution in [0.4, 0.5) is 4.39 Å². The summed E-state index contributed by atoms with van der Waals surface area (Å²) in [6.45, 7) is 14.8. The van der Waals surface area contributed by atoms with E-state index in [2.05, 4.69) is 86.8 Å². The maximum absolute atomic E-state index is 14.5. The third-order valence-electron chi connectivity index (χ3n) is 8.73. The first-order valence-electron chi connectivity index (χ1n) is 18.4. The first-order chi connectivity index (χ1) is 24.8. The van der Waals surface area contributed by atoms with Crippen LogP contribution in [0.1, 0.15) is 53.0 Å². The molecule has 0 N–H and O–H groups in total. The van der Waals surface area contributed by atoms with Crippen LogP contribution in [-0.4, -0.2) is 18.0 Å². The topological polar surface area (TPSA) is 25.8 Å². The van der Waals surface area contributed by atoms with Crippen LogP contribution >= 0.6 is 11.3 Å². The summed E-state index contributed by atoms with van der Waals surface area (Å²) in [6, 6.07) is 30.8. The number of rotatable bonds is 5. The number of nitrogens with zero attached hydrogens (tertiary/aromatic N) is 2. The molecule has 0 aliphatic heterocycles. The molecule has 0 spiro atoms. The zero-order valence-corrected chi connectivity index (χ0v) is 33.9. The summed E-state index contributed by atoms with van der Waals surface area (Å²) >= 11 is 1.60. The zero-order valence-electron chi connectivity index (χ0n) is 33.7. The van der Waals surface area contributed by atoms with Crippen molar-refractivity contribution in [3.63, 3.8) is 0 Å². The number of aryl methyl sites for hydroxylation is 4. The molecule has 0 unspecified atom stereocenters. The van der Waals surface area contributed by atoms with Gasteiger partial charge in [0.25, 0.3) is 0 Å². The molecule has 0 atom stereocenters. The van der Waals surface area contributed by atoms with E-state index < -0.39 is 20.8 Å². The number of hydrogen-bond donors (Lipinski definition) is 0. The van der Waals surface area contributed by atoms with Crippen LogP contribution in [-0.2, 0) is 20.1 Å². The average Bonchev–Trinajstić information content (AvgIpc) is 3.47. The predicted molar refractivity (Wildman–Crippen MR) is 211 cm³/mol. The Labute approximate surface area is 320 Å². The van der Waals surface area contributed by atoms with E-state index in [4.69, 9.17) is 5.48 Å². The molecule has 0 bridgehead atoms. The van der Waals surface area contributed by atoms with E-state index in [1.54, 1.807) is 29.5 Å². The van der Waals surface area contributed by atoms with Crippen molar-refractivity contribution in [2.45, 2.75) is 67.0 Å². The summed E-state index contributed by atoms with van der Waals surface area (Å²) in [5, 5.41) is 2.79. The van der Waals surface area contributed by atoms with E-state index in [1.165, 1.54) is 39.6 Å². The van der Waals surface area contributed by atoms with Crippen molar-refractivity contribution in [1.29, 1.82) is 0 Å². The fraction of sp³-hybridized carbons (Fsp3) is 0.227. The van der Waals surface area contributed by atoms with Gasteiger partial charge in [-0.3, -0.25) is 0 Å². The summed E-state index contributed by atoms with van der Waals surface area (Å²) in [4.78, 5) is 9.20. The Morgan fingerprint density at radius 1 is 0.880 bits per heavy atom. The van der Waals surface area contributed by atoms with E-state index in [1.807, 2.05) is 50.5 Å². The van der Waals surface area contributed by atoms with E-state index >= 15 is 0 Å². The number of halogens is 1. The molecule has 0 aliphatic carbocycles. The molecule has 7 rings (SSSR count). The molecule has 3 aromatic heterocycles. The van der Waals surface area contributed by atoms with Gasteiger partial charge in [-0.1, -0.05) is 87.2 Å². The molecule has 50 heavy (non-hydrogen) atoms. The number of pyridine rings is 2. The van der Waals surface area contributed by atoms with Gasteiger partial charge < -0.3 is 9.97 Å². The van der Waals surface area contributed by atoms with Gasteiger partial charge in [0, 0.05) is 48.1 Å². The van der Waals surface area contributed by atoms with Crippen molar-refractivity contribution < 1.29 is 30.0 Å². The van der Waals surface area contributed by atoms with E-state index in [9.17, 15) is 4.39 Å². The molecule has 1 radical (unpaired) electrons. The Balaban J connectivity index is 0.000000208. The van der Waals surface area contributed by atoms with Gasteiger partial charge in [-0.25, -0.2) is 4.39 Å². The summed E-state index contributed by atoms with van der Waals surface area (Å²) < 4.78 is 47.2. The molecular formula is C44H43FIrN2SSi-2. The van der Waals surface area contributed by atoms with Crippen LogP contribution in [0.5, 0.6) is 0 Å². The van der Waals surface area contributed by atoms with Gasteiger partial charge in [-0.2, -0.15) is 11.3 Å². The molecular weight excluding hydrogens is 828 g/mol. The van der Waals surface area contributed by atoms with Gasteiger partial charge in [-0.15, -0.1) is 59.2 Å². The van der Waals surface area contributed by atoms with Crippen LogP contribution in [0.2, 0.25) is 19.6 Å². The average molecular weight is 875 g/mol. The predicted octanol–water partition coefficient (Wildman–Crippen LogP) is 12.2.